The zero-order valence-corrected chi connectivity index (χ0v) is 15.4. The lowest BCUT2D eigenvalue weighted by atomic mass is 9.89. The molecule has 0 aromatic carbocycles. The summed E-state index contributed by atoms with van der Waals surface area (Å²) in [6, 6.07) is 2.33. The average molecular weight is 280 g/mol. The third kappa shape index (κ3) is 2.84. The van der Waals surface area contributed by atoms with Crippen LogP contribution in [0.1, 0.15) is 67.9 Å². The van der Waals surface area contributed by atoms with Crippen molar-refractivity contribution in [2.75, 3.05) is 0 Å². The minimum atomic E-state index is -1.54. The van der Waals surface area contributed by atoms with Crippen molar-refractivity contribution in [3.8, 4) is 0 Å². The predicted molar refractivity (Wildman–Crippen MR) is 89.6 cm³/mol. The number of nitrogens with zero attached hydrogens (tertiary/aromatic N) is 1. The van der Waals surface area contributed by atoms with Crippen molar-refractivity contribution in [3.05, 3.63) is 24.0 Å². The van der Waals surface area contributed by atoms with Crippen molar-refractivity contribution in [2.24, 2.45) is 0 Å². The third-order valence-electron chi connectivity index (χ3n) is 4.78. The Bertz CT molecular complexity index is 385. The highest BCUT2D eigenvalue weighted by atomic mass is 28.3. The summed E-state index contributed by atoms with van der Waals surface area (Å²) < 4.78 is 2.63. The first kappa shape index (κ1) is 16.6. The Morgan fingerprint density at radius 1 is 0.895 bits per heavy atom. The van der Waals surface area contributed by atoms with Crippen molar-refractivity contribution >= 4 is 8.24 Å². The Morgan fingerprint density at radius 3 is 1.58 bits per heavy atom. The molecule has 110 valence electrons. The molecule has 2 heteroatoms. The summed E-state index contributed by atoms with van der Waals surface area (Å²) in [6.45, 7) is 21.4. The van der Waals surface area contributed by atoms with Crippen LogP contribution in [0.25, 0.3) is 0 Å². The van der Waals surface area contributed by atoms with Gasteiger partial charge in [-0.05, 0) is 46.1 Å². The number of aromatic nitrogens is 1. The standard InChI is InChI=1S/C17H33NSi/c1-13(2)19(14(3)4,15(5)6)18-11-10-16(12-18)17(7,8)9/h10-15H,1-9H3. The van der Waals surface area contributed by atoms with Crippen molar-refractivity contribution in [3.63, 3.8) is 0 Å². The van der Waals surface area contributed by atoms with Gasteiger partial charge in [0.05, 0.1) is 0 Å². The molecule has 0 N–H and O–H groups in total. The molecular formula is C17H33NSi. The molecule has 0 saturated heterocycles. The van der Waals surface area contributed by atoms with E-state index < -0.39 is 8.24 Å². The van der Waals surface area contributed by atoms with Gasteiger partial charge in [0.15, 0.2) is 8.24 Å². The molecule has 0 aliphatic heterocycles. The van der Waals surface area contributed by atoms with Crippen LogP contribution >= 0.6 is 0 Å². The van der Waals surface area contributed by atoms with Crippen LogP contribution < -0.4 is 0 Å². The first-order chi connectivity index (χ1) is 8.54. The second-order valence-electron chi connectivity index (χ2n) is 7.91. The summed E-state index contributed by atoms with van der Waals surface area (Å²) in [5.41, 5.74) is 3.98. The molecular weight excluding hydrogens is 246 g/mol. The maximum atomic E-state index is 2.63. The molecule has 0 bridgehead atoms. The van der Waals surface area contributed by atoms with Crippen LogP contribution in [0.4, 0.5) is 0 Å². The zero-order chi connectivity index (χ0) is 15.0. The maximum absolute atomic E-state index is 2.63. The third-order valence-corrected chi connectivity index (χ3v) is 11.5. The first-order valence-corrected chi connectivity index (χ1v) is 9.91. The van der Waals surface area contributed by atoms with Crippen LogP contribution in [0.3, 0.4) is 0 Å². The van der Waals surface area contributed by atoms with Crippen LogP contribution in [0.5, 0.6) is 0 Å². The van der Waals surface area contributed by atoms with E-state index in [2.05, 4.69) is 85.0 Å². The minimum absolute atomic E-state index is 0.246. The summed E-state index contributed by atoms with van der Waals surface area (Å²) in [5, 5.41) is 0. The highest BCUT2D eigenvalue weighted by Crippen LogP contribution is 2.43. The molecule has 0 aliphatic rings. The number of rotatable bonds is 4. The van der Waals surface area contributed by atoms with Crippen molar-refractivity contribution in [2.45, 2.75) is 84.4 Å². The summed E-state index contributed by atoms with van der Waals surface area (Å²) in [6.07, 6.45) is 4.79. The molecule has 1 aromatic rings. The van der Waals surface area contributed by atoms with Crippen LogP contribution in [0, 0.1) is 0 Å². The van der Waals surface area contributed by atoms with Crippen LogP contribution in [0.15, 0.2) is 18.5 Å². The topological polar surface area (TPSA) is 4.93 Å². The second kappa shape index (κ2) is 5.47. The monoisotopic (exact) mass is 279 g/mol. The van der Waals surface area contributed by atoms with Gasteiger partial charge >= 0.3 is 0 Å². The molecule has 0 atom stereocenters. The van der Waals surface area contributed by atoms with E-state index in [0.717, 1.165) is 16.6 Å². The van der Waals surface area contributed by atoms with Crippen molar-refractivity contribution < 1.29 is 0 Å². The Morgan fingerprint density at radius 2 is 1.32 bits per heavy atom. The van der Waals surface area contributed by atoms with Gasteiger partial charge in [0.25, 0.3) is 0 Å². The summed E-state index contributed by atoms with van der Waals surface area (Å²) in [4.78, 5) is 0. The quantitative estimate of drug-likeness (QED) is 0.613. The highest BCUT2D eigenvalue weighted by molar-refractivity contribution is 6.82. The fourth-order valence-electron chi connectivity index (χ4n) is 3.98. The number of hydrogen-bond acceptors (Lipinski definition) is 0. The van der Waals surface area contributed by atoms with Gasteiger partial charge < -0.3 is 4.23 Å². The Labute approximate surface area is 121 Å². The number of hydrogen-bond donors (Lipinski definition) is 0. The van der Waals surface area contributed by atoms with E-state index in [0.29, 0.717) is 0 Å². The van der Waals surface area contributed by atoms with Gasteiger partial charge in [0.2, 0.25) is 0 Å². The molecule has 19 heavy (non-hydrogen) atoms. The van der Waals surface area contributed by atoms with E-state index in [4.69, 9.17) is 0 Å². The zero-order valence-electron chi connectivity index (χ0n) is 14.4. The van der Waals surface area contributed by atoms with Crippen LogP contribution in [0.2, 0.25) is 16.6 Å². The van der Waals surface area contributed by atoms with E-state index >= 15 is 0 Å². The first-order valence-electron chi connectivity index (χ1n) is 7.73. The Kier molecular flexibility index (Phi) is 4.77. The fourth-order valence-corrected chi connectivity index (χ4v) is 10.5. The lowest BCUT2D eigenvalue weighted by Gasteiger charge is -2.44. The molecule has 1 heterocycles. The van der Waals surface area contributed by atoms with Crippen LogP contribution in [-0.4, -0.2) is 12.5 Å². The minimum Gasteiger partial charge on any atom is -0.379 e. The van der Waals surface area contributed by atoms with Gasteiger partial charge in [-0.2, -0.15) is 0 Å². The molecule has 0 aliphatic carbocycles. The van der Waals surface area contributed by atoms with E-state index in [1.165, 1.54) is 5.56 Å². The molecule has 1 aromatic heterocycles. The van der Waals surface area contributed by atoms with Gasteiger partial charge in [-0.3, -0.25) is 0 Å². The summed E-state index contributed by atoms with van der Waals surface area (Å²) in [5.74, 6) is 0. The van der Waals surface area contributed by atoms with Gasteiger partial charge in [-0.1, -0.05) is 62.3 Å². The van der Waals surface area contributed by atoms with Gasteiger partial charge in [0.1, 0.15) is 0 Å². The van der Waals surface area contributed by atoms with Gasteiger partial charge in [-0.25, -0.2) is 0 Å². The second-order valence-corrected chi connectivity index (χ2v) is 13.7. The van der Waals surface area contributed by atoms with E-state index in [-0.39, 0.29) is 5.41 Å². The van der Waals surface area contributed by atoms with E-state index in [9.17, 15) is 0 Å². The normalized spacial score (nSPS) is 13.9. The lowest BCUT2D eigenvalue weighted by molar-refractivity contribution is 0.590. The Balaban J connectivity index is 3.38. The van der Waals surface area contributed by atoms with E-state index in [1.807, 2.05) is 0 Å². The molecule has 0 amide bonds. The predicted octanol–water partition coefficient (Wildman–Crippen LogP) is 5.81. The summed E-state index contributed by atoms with van der Waals surface area (Å²) >= 11 is 0. The molecule has 0 fully saturated rings. The SMILES string of the molecule is CC(C)[Si](C(C)C)(C(C)C)n1ccc(C(C)(C)C)c1. The largest absolute Gasteiger partial charge is 0.379 e. The molecule has 1 nitrogen and oxygen atoms in total. The van der Waals surface area contributed by atoms with Gasteiger partial charge in [-0.15, -0.1) is 0 Å². The lowest BCUT2D eigenvalue weighted by Crippen LogP contribution is -2.51. The molecule has 0 unspecified atom stereocenters. The van der Waals surface area contributed by atoms with E-state index in [1.54, 1.807) is 0 Å². The molecule has 1 rings (SSSR count). The molecule has 0 radical (unpaired) electrons. The van der Waals surface area contributed by atoms with Crippen molar-refractivity contribution in [1.29, 1.82) is 0 Å². The summed E-state index contributed by atoms with van der Waals surface area (Å²) in [7, 11) is -1.54. The smallest absolute Gasteiger partial charge is 0.168 e. The van der Waals surface area contributed by atoms with Crippen LogP contribution in [-0.2, 0) is 5.41 Å². The molecule has 0 saturated carbocycles. The Hall–Kier alpha value is -0.503. The highest BCUT2D eigenvalue weighted by Gasteiger charge is 2.45. The average Bonchev–Trinajstić information content (AvgIpc) is 2.65. The fraction of sp³-hybridized carbons (Fsp3) is 0.765. The maximum Gasteiger partial charge on any atom is 0.168 e. The van der Waals surface area contributed by atoms with Gasteiger partial charge in [0, 0.05) is 0 Å². The molecule has 0 spiro atoms. The van der Waals surface area contributed by atoms with Crippen molar-refractivity contribution in [1.82, 2.24) is 4.23 Å².